The van der Waals surface area contributed by atoms with Crippen molar-refractivity contribution >= 4 is 9.84 Å². The van der Waals surface area contributed by atoms with E-state index in [1.807, 2.05) is 13.0 Å². The van der Waals surface area contributed by atoms with Gasteiger partial charge in [0.1, 0.15) is 5.75 Å². The monoisotopic (exact) mass is 209 g/mol. The van der Waals surface area contributed by atoms with Crippen molar-refractivity contribution in [2.45, 2.75) is 18.7 Å². The SMILES string of the molecule is Cc1ccc(C)c(S(=O)(=O)CC#N)c1. The van der Waals surface area contributed by atoms with Crippen LogP contribution in [0.5, 0.6) is 0 Å². The lowest BCUT2D eigenvalue weighted by Crippen LogP contribution is -2.07. The van der Waals surface area contributed by atoms with Crippen LogP contribution in [0.15, 0.2) is 23.1 Å². The maximum Gasteiger partial charge on any atom is 0.191 e. The number of hydrogen-bond donors (Lipinski definition) is 0. The third kappa shape index (κ3) is 2.12. The zero-order chi connectivity index (χ0) is 10.8. The van der Waals surface area contributed by atoms with Gasteiger partial charge in [0.2, 0.25) is 0 Å². The zero-order valence-electron chi connectivity index (χ0n) is 8.11. The number of nitriles is 1. The summed E-state index contributed by atoms with van der Waals surface area (Å²) in [6.07, 6.45) is 0. The Kier molecular flexibility index (Phi) is 2.92. The van der Waals surface area contributed by atoms with Gasteiger partial charge >= 0.3 is 0 Å². The van der Waals surface area contributed by atoms with Gasteiger partial charge in [0, 0.05) is 0 Å². The number of rotatable bonds is 2. The highest BCUT2D eigenvalue weighted by molar-refractivity contribution is 7.91. The summed E-state index contributed by atoms with van der Waals surface area (Å²) < 4.78 is 23.2. The van der Waals surface area contributed by atoms with E-state index in [0.29, 0.717) is 5.56 Å². The molecule has 0 N–H and O–H groups in total. The molecule has 0 aromatic heterocycles. The molecular formula is C10H11NO2S. The normalized spacial score (nSPS) is 10.9. The molecule has 1 aromatic rings. The van der Waals surface area contributed by atoms with Gasteiger partial charge < -0.3 is 0 Å². The van der Waals surface area contributed by atoms with Crippen LogP contribution < -0.4 is 0 Å². The standard InChI is InChI=1S/C10H11NO2S/c1-8-3-4-9(2)10(7-8)14(12,13)6-5-11/h3-4,7H,6H2,1-2H3. The van der Waals surface area contributed by atoms with E-state index >= 15 is 0 Å². The summed E-state index contributed by atoms with van der Waals surface area (Å²) in [6.45, 7) is 3.55. The predicted octanol–water partition coefficient (Wildman–Crippen LogP) is 1.60. The third-order valence-electron chi connectivity index (χ3n) is 1.93. The minimum absolute atomic E-state index is 0.263. The van der Waals surface area contributed by atoms with Crippen molar-refractivity contribution in [3.8, 4) is 6.07 Å². The first-order chi connectivity index (χ1) is 6.47. The zero-order valence-corrected chi connectivity index (χ0v) is 8.93. The summed E-state index contributed by atoms with van der Waals surface area (Å²) >= 11 is 0. The van der Waals surface area contributed by atoms with Crippen LogP contribution in [0.4, 0.5) is 0 Å². The van der Waals surface area contributed by atoms with Crippen molar-refractivity contribution in [2.24, 2.45) is 0 Å². The quantitative estimate of drug-likeness (QED) is 0.743. The predicted molar refractivity (Wildman–Crippen MR) is 53.6 cm³/mol. The van der Waals surface area contributed by atoms with E-state index in [1.54, 1.807) is 25.1 Å². The smallest absolute Gasteiger partial charge is 0.191 e. The summed E-state index contributed by atoms with van der Waals surface area (Å²) in [5.74, 6) is -0.461. The molecule has 0 saturated heterocycles. The fourth-order valence-electron chi connectivity index (χ4n) is 1.21. The van der Waals surface area contributed by atoms with Crippen LogP contribution in [-0.2, 0) is 9.84 Å². The molecule has 0 aliphatic rings. The van der Waals surface area contributed by atoms with Gasteiger partial charge in [-0.2, -0.15) is 5.26 Å². The molecule has 74 valence electrons. The number of hydrogen-bond acceptors (Lipinski definition) is 3. The van der Waals surface area contributed by atoms with Gasteiger partial charge in [0.15, 0.2) is 9.84 Å². The highest BCUT2D eigenvalue weighted by Crippen LogP contribution is 2.17. The minimum atomic E-state index is -3.42. The molecule has 14 heavy (non-hydrogen) atoms. The molecule has 0 bridgehead atoms. The van der Waals surface area contributed by atoms with Crippen molar-refractivity contribution in [3.63, 3.8) is 0 Å². The van der Waals surface area contributed by atoms with Gasteiger partial charge in [-0.3, -0.25) is 0 Å². The van der Waals surface area contributed by atoms with Crippen LogP contribution in [0.2, 0.25) is 0 Å². The lowest BCUT2D eigenvalue weighted by molar-refractivity contribution is 0.598. The molecule has 1 rings (SSSR count). The average molecular weight is 209 g/mol. The lowest BCUT2D eigenvalue weighted by Gasteiger charge is -2.05. The second-order valence-electron chi connectivity index (χ2n) is 3.19. The van der Waals surface area contributed by atoms with Gasteiger partial charge in [-0.1, -0.05) is 12.1 Å². The Morgan fingerprint density at radius 3 is 2.57 bits per heavy atom. The molecule has 0 fully saturated rings. The maximum absolute atomic E-state index is 11.6. The van der Waals surface area contributed by atoms with E-state index in [0.717, 1.165) is 5.56 Å². The molecule has 0 heterocycles. The van der Waals surface area contributed by atoms with Crippen molar-refractivity contribution in [1.29, 1.82) is 5.26 Å². The van der Waals surface area contributed by atoms with Crippen molar-refractivity contribution in [3.05, 3.63) is 29.3 Å². The van der Waals surface area contributed by atoms with Crippen molar-refractivity contribution in [1.82, 2.24) is 0 Å². The Balaban J connectivity index is 3.33. The maximum atomic E-state index is 11.6. The number of benzene rings is 1. The molecule has 0 unspecified atom stereocenters. The van der Waals surface area contributed by atoms with E-state index in [4.69, 9.17) is 5.26 Å². The Bertz CT molecular complexity index is 483. The summed E-state index contributed by atoms with van der Waals surface area (Å²) in [7, 11) is -3.42. The van der Waals surface area contributed by atoms with Crippen LogP contribution in [0, 0.1) is 25.2 Å². The van der Waals surface area contributed by atoms with Crippen molar-refractivity contribution in [2.75, 3.05) is 5.75 Å². The van der Waals surface area contributed by atoms with E-state index in [1.165, 1.54) is 0 Å². The van der Waals surface area contributed by atoms with Gasteiger partial charge in [-0.05, 0) is 31.0 Å². The molecule has 0 aliphatic heterocycles. The van der Waals surface area contributed by atoms with E-state index in [2.05, 4.69) is 0 Å². The topological polar surface area (TPSA) is 57.9 Å². The summed E-state index contributed by atoms with van der Waals surface area (Å²) in [5, 5.41) is 8.39. The van der Waals surface area contributed by atoms with Crippen LogP contribution in [-0.4, -0.2) is 14.2 Å². The van der Waals surface area contributed by atoms with E-state index < -0.39 is 15.6 Å². The van der Waals surface area contributed by atoms with E-state index in [9.17, 15) is 8.42 Å². The summed E-state index contributed by atoms with van der Waals surface area (Å²) in [4.78, 5) is 0.263. The first kappa shape index (κ1) is 10.7. The molecular weight excluding hydrogens is 198 g/mol. The van der Waals surface area contributed by atoms with Crippen LogP contribution in [0.1, 0.15) is 11.1 Å². The first-order valence-electron chi connectivity index (χ1n) is 4.14. The van der Waals surface area contributed by atoms with Gasteiger partial charge in [-0.25, -0.2) is 8.42 Å². The first-order valence-corrected chi connectivity index (χ1v) is 5.79. The number of sulfone groups is 1. The fourth-order valence-corrected chi connectivity index (χ4v) is 2.45. The summed E-state index contributed by atoms with van der Waals surface area (Å²) in [5.41, 5.74) is 1.57. The summed E-state index contributed by atoms with van der Waals surface area (Å²) in [6, 6.07) is 6.86. The average Bonchev–Trinajstić information content (AvgIpc) is 2.09. The molecule has 0 amide bonds. The Hall–Kier alpha value is -1.34. The third-order valence-corrected chi connectivity index (χ3v) is 3.55. The molecule has 0 atom stereocenters. The second-order valence-corrected chi connectivity index (χ2v) is 5.14. The van der Waals surface area contributed by atoms with Gasteiger partial charge in [0.25, 0.3) is 0 Å². The Labute approximate surface area is 83.9 Å². The molecule has 0 radical (unpaired) electrons. The highest BCUT2D eigenvalue weighted by atomic mass is 32.2. The Morgan fingerprint density at radius 2 is 2.00 bits per heavy atom. The number of aryl methyl sites for hydroxylation is 2. The molecule has 0 saturated carbocycles. The van der Waals surface area contributed by atoms with Crippen LogP contribution in [0.3, 0.4) is 0 Å². The van der Waals surface area contributed by atoms with Crippen molar-refractivity contribution < 1.29 is 8.42 Å². The molecule has 1 aromatic carbocycles. The molecule has 0 spiro atoms. The molecule has 0 aliphatic carbocycles. The van der Waals surface area contributed by atoms with Crippen LogP contribution in [0.25, 0.3) is 0 Å². The van der Waals surface area contributed by atoms with E-state index in [-0.39, 0.29) is 4.90 Å². The fraction of sp³-hybridized carbons (Fsp3) is 0.300. The second kappa shape index (κ2) is 3.81. The minimum Gasteiger partial charge on any atom is -0.223 e. The largest absolute Gasteiger partial charge is 0.223 e. The van der Waals surface area contributed by atoms with Gasteiger partial charge in [0.05, 0.1) is 11.0 Å². The molecule has 4 heteroatoms. The number of nitrogens with zero attached hydrogens (tertiary/aromatic N) is 1. The van der Waals surface area contributed by atoms with Gasteiger partial charge in [-0.15, -0.1) is 0 Å². The molecule has 3 nitrogen and oxygen atoms in total. The lowest BCUT2D eigenvalue weighted by atomic mass is 10.2. The highest BCUT2D eigenvalue weighted by Gasteiger charge is 2.16. The Morgan fingerprint density at radius 1 is 1.36 bits per heavy atom. The van der Waals surface area contributed by atoms with Crippen LogP contribution >= 0.6 is 0 Å².